The second-order valence-corrected chi connectivity index (χ2v) is 7.88. The summed E-state index contributed by atoms with van der Waals surface area (Å²) in [6.07, 6.45) is 0.365. The number of anilines is 1. The van der Waals surface area contributed by atoms with Gasteiger partial charge in [0.2, 0.25) is 5.91 Å². The van der Waals surface area contributed by atoms with Crippen LogP contribution in [0.4, 0.5) is 11.4 Å². The van der Waals surface area contributed by atoms with Crippen molar-refractivity contribution in [2.24, 2.45) is 0 Å². The van der Waals surface area contributed by atoms with Crippen LogP contribution in [-0.4, -0.2) is 47.7 Å². The second-order valence-electron chi connectivity index (χ2n) is 6.17. The third-order valence-electron chi connectivity index (χ3n) is 4.47. The van der Waals surface area contributed by atoms with Gasteiger partial charge in [-0.2, -0.15) is 0 Å². The fourth-order valence-corrected chi connectivity index (χ4v) is 3.98. The van der Waals surface area contributed by atoms with Crippen molar-refractivity contribution in [1.29, 1.82) is 0 Å². The summed E-state index contributed by atoms with van der Waals surface area (Å²) < 4.78 is 0.562. The highest BCUT2D eigenvalue weighted by atomic mass is 35.5. The molecule has 27 heavy (non-hydrogen) atoms. The van der Waals surface area contributed by atoms with Crippen LogP contribution in [0.25, 0.3) is 0 Å². The van der Waals surface area contributed by atoms with E-state index < -0.39 is 4.92 Å². The van der Waals surface area contributed by atoms with Gasteiger partial charge in [-0.3, -0.25) is 19.7 Å². The van der Waals surface area contributed by atoms with Crippen LogP contribution >= 0.6 is 22.9 Å². The molecule has 2 heterocycles. The minimum Gasteiger partial charge on any atom is -0.368 e. The molecule has 0 aliphatic carbocycles. The number of benzene rings is 1. The van der Waals surface area contributed by atoms with Gasteiger partial charge in [-0.25, -0.2) is 0 Å². The SMILES string of the molecule is O=C(CCC(=O)N1CCN(c2ccc([N+](=O)[O-])cc2)CC1)c1ccc(Cl)s1. The molecule has 0 spiro atoms. The molecule has 0 N–H and O–H groups in total. The zero-order chi connectivity index (χ0) is 19.4. The van der Waals surface area contributed by atoms with Gasteiger partial charge in [-0.15, -0.1) is 11.3 Å². The molecule has 1 aliphatic rings. The van der Waals surface area contributed by atoms with Crippen LogP contribution in [-0.2, 0) is 4.79 Å². The first-order valence-electron chi connectivity index (χ1n) is 8.50. The lowest BCUT2D eigenvalue weighted by atomic mass is 10.1. The average molecular weight is 408 g/mol. The first-order valence-corrected chi connectivity index (χ1v) is 9.69. The molecule has 1 amide bonds. The number of carbonyl (C=O) groups is 2. The van der Waals surface area contributed by atoms with Crippen LogP contribution < -0.4 is 4.90 Å². The molecule has 0 unspecified atom stereocenters. The number of rotatable bonds is 6. The maximum absolute atomic E-state index is 12.4. The summed E-state index contributed by atoms with van der Waals surface area (Å²) >= 11 is 7.06. The Morgan fingerprint density at radius 1 is 1.04 bits per heavy atom. The summed E-state index contributed by atoms with van der Waals surface area (Å²) in [5.41, 5.74) is 0.960. The molecule has 3 rings (SSSR count). The van der Waals surface area contributed by atoms with E-state index in [0.717, 1.165) is 5.69 Å². The number of thiophene rings is 1. The molecule has 9 heteroatoms. The number of amides is 1. The van der Waals surface area contributed by atoms with Gasteiger partial charge in [0.1, 0.15) is 0 Å². The summed E-state index contributed by atoms with van der Waals surface area (Å²) in [6.45, 7) is 2.43. The molecule has 0 bridgehead atoms. The fourth-order valence-electron chi connectivity index (χ4n) is 2.97. The number of hydrogen-bond donors (Lipinski definition) is 0. The Balaban J connectivity index is 1.47. The Morgan fingerprint density at radius 2 is 1.70 bits per heavy atom. The Kier molecular flexibility index (Phi) is 6.08. The molecule has 2 aromatic rings. The van der Waals surface area contributed by atoms with Gasteiger partial charge in [-0.05, 0) is 24.3 Å². The lowest BCUT2D eigenvalue weighted by Gasteiger charge is -2.36. The minimum absolute atomic E-state index is 0.0330. The molecule has 1 aliphatic heterocycles. The summed E-state index contributed by atoms with van der Waals surface area (Å²) in [5, 5.41) is 10.7. The van der Waals surface area contributed by atoms with Crippen molar-refractivity contribution < 1.29 is 14.5 Å². The van der Waals surface area contributed by atoms with E-state index >= 15 is 0 Å². The maximum Gasteiger partial charge on any atom is 0.269 e. The highest BCUT2D eigenvalue weighted by Crippen LogP contribution is 2.24. The molecular weight excluding hydrogens is 390 g/mol. The van der Waals surface area contributed by atoms with Crippen molar-refractivity contribution in [1.82, 2.24) is 4.90 Å². The van der Waals surface area contributed by atoms with Gasteiger partial charge in [0, 0.05) is 56.8 Å². The Bertz CT molecular complexity index is 845. The predicted octanol–water partition coefficient (Wildman–Crippen LogP) is 3.62. The number of nitro groups is 1. The van der Waals surface area contributed by atoms with Crippen molar-refractivity contribution in [3.63, 3.8) is 0 Å². The summed E-state index contributed by atoms with van der Waals surface area (Å²) in [5.74, 6) is -0.0980. The third-order valence-corrected chi connectivity index (χ3v) is 5.74. The van der Waals surface area contributed by atoms with Crippen molar-refractivity contribution in [2.45, 2.75) is 12.8 Å². The lowest BCUT2D eigenvalue weighted by molar-refractivity contribution is -0.384. The number of nitro benzene ring substituents is 1. The van der Waals surface area contributed by atoms with E-state index in [2.05, 4.69) is 4.90 Å². The predicted molar refractivity (Wildman–Crippen MR) is 105 cm³/mol. The number of Topliss-reactive ketones (excluding diaryl/α,β-unsaturated/α-hetero) is 1. The highest BCUT2D eigenvalue weighted by molar-refractivity contribution is 7.18. The number of ketones is 1. The largest absolute Gasteiger partial charge is 0.368 e. The monoisotopic (exact) mass is 407 g/mol. The fraction of sp³-hybridized carbons (Fsp3) is 0.333. The number of hydrogen-bond acceptors (Lipinski definition) is 6. The smallest absolute Gasteiger partial charge is 0.269 e. The zero-order valence-corrected chi connectivity index (χ0v) is 16.0. The number of non-ortho nitro benzene ring substituents is 1. The molecule has 0 atom stereocenters. The Morgan fingerprint density at radius 3 is 2.26 bits per heavy atom. The summed E-state index contributed by atoms with van der Waals surface area (Å²) in [6, 6.07) is 9.77. The van der Waals surface area contributed by atoms with Crippen molar-refractivity contribution in [3.05, 3.63) is 55.7 Å². The molecule has 1 fully saturated rings. The van der Waals surface area contributed by atoms with E-state index in [1.807, 2.05) is 0 Å². The number of piperazine rings is 1. The quantitative estimate of drug-likeness (QED) is 0.415. The van der Waals surface area contributed by atoms with E-state index in [1.54, 1.807) is 29.2 Å². The number of nitrogens with zero attached hydrogens (tertiary/aromatic N) is 3. The van der Waals surface area contributed by atoms with Gasteiger partial charge in [0.05, 0.1) is 14.1 Å². The van der Waals surface area contributed by atoms with Crippen molar-refractivity contribution >= 4 is 46.0 Å². The van der Waals surface area contributed by atoms with Gasteiger partial charge in [-0.1, -0.05) is 11.6 Å². The van der Waals surface area contributed by atoms with Gasteiger partial charge in [0.15, 0.2) is 5.78 Å². The molecule has 1 aromatic carbocycles. The first kappa shape index (κ1) is 19.3. The van der Waals surface area contributed by atoms with E-state index in [9.17, 15) is 19.7 Å². The van der Waals surface area contributed by atoms with Crippen molar-refractivity contribution in [2.75, 3.05) is 31.1 Å². The normalized spacial score (nSPS) is 14.3. The van der Waals surface area contributed by atoms with Crippen LogP contribution in [0.3, 0.4) is 0 Å². The second kappa shape index (κ2) is 8.49. The van der Waals surface area contributed by atoms with E-state index in [4.69, 9.17) is 11.6 Å². The zero-order valence-electron chi connectivity index (χ0n) is 14.5. The standard InChI is InChI=1S/C18H18ClN3O4S/c19-17-7-6-16(27-17)15(23)5-8-18(24)21-11-9-20(10-12-21)13-1-3-14(4-2-13)22(25)26/h1-4,6-7H,5,8-12H2. The van der Waals surface area contributed by atoms with E-state index in [0.29, 0.717) is 35.4 Å². The molecule has 1 saturated heterocycles. The van der Waals surface area contributed by atoms with Gasteiger partial charge >= 0.3 is 0 Å². The van der Waals surface area contributed by atoms with Gasteiger partial charge < -0.3 is 9.80 Å². The molecule has 142 valence electrons. The number of carbonyl (C=O) groups excluding carboxylic acids is 2. The Labute approximate surface area is 165 Å². The molecule has 7 nitrogen and oxygen atoms in total. The van der Waals surface area contributed by atoms with E-state index in [1.165, 1.54) is 23.5 Å². The summed E-state index contributed by atoms with van der Waals surface area (Å²) in [4.78, 5) is 39.2. The molecule has 0 radical (unpaired) electrons. The highest BCUT2D eigenvalue weighted by Gasteiger charge is 2.22. The van der Waals surface area contributed by atoms with Crippen LogP contribution in [0, 0.1) is 10.1 Å². The van der Waals surface area contributed by atoms with Crippen LogP contribution in [0.1, 0.15) is 22.5 Å². The van der Waals surface area contributed by atoms with E-state index in [-0.39, 0.29) is 30.2 Å². The average Bonchev–Trinajstić information content (AvgIpc) is 3.12. The minimum atomic E-state index is -0.425. The van der Waals surface area contributed by atoms with Crippen molar-refractivity contribution in [3.8, 4) is 0 Å². The first-order chi connectivity index (χ1) is 12.9. The van der Waals surface area contributed by atoms with Gasteiger partial charge in [0.25, 0.3) is 5.69 Å². The third kappa shape index (κ3) is 4.84. The Hall–Kier alpha value is -2.45. The summed E-state index contributed by atoms with van der Waals surface area (Å²) in [7, 11) is 0. The number of halogens is 1. The van der Waals surface area contributed by atoms with Crippen LogP contribution in [0.2, 0.25) is 4.34 Å². The van der Waals surface area contributed by atoms with Crippen LogP contribution in [0.5, 0.6) is 0 Å². The molecule has 1 aromatic heterocycles. The topological polar surface area (TPSA) is 83.8 Å². The molecule has 0 saturated carbocycles. The maximum atomic E-state index is 12.4. The molecular formula is C18H18ClN3O4S. The lowest BCUT2D eigenvalue weighted by Crippen LogP contribution is -2.48. The van der Waals surface area contributed by atoms with Crippen LogP contribution in [0.15, 0.2) is 36.4 Å².